The number of methoxy groups -OCH3 is 1. The fraction of sp³-hybridized carbons (Fsp3) is 0.469. The molecule has 0 unspecified atom stereocenters. The molecule has 39 heavy (non-hydrogen) atoms. The molecule has 3 rings (SSSR count). The Kier molecular flexibility index (Phi) is 11.1. The first-order chi connectivity index (χ1) is 18.8. The summed E-state index contributed by atoms with van der Waals surface area (Å²) >= 11 is 0. The fourth-order valence-corrected chi connectivity index (χ4v) is 5.03. The van der Waals surface area contributed by atoms with Crippen LogP contribution >= 0.6 is 0 Å². The van der Waals surface area contributed by atoms with Gasteiger partial charge in [0.25, 0.3) is 5.91 Å². The summed E-state index contributed by atoms with van der Waals surface area (Å²) in [5, 5.41) is 0.817. The van der Waals surface area contributed by atoms with Crippen LogP contribution in [0.5, 0.6) is 5.75 Å². The van der Waals surface area contributed by atoms with Crippen molar-refractivity contribution in [2.24, 2.45) is 0 Å². The zero-order chi connectivity index (χ0) is 28.4. The number of nitrogens with zero attached hydrogens (tertiary/aromatic N) is 3. The fourth-order valence-electron chi connectivity index (χ4n) is 5.03. The zero-order valence-corrected chi connectivity index (χ0v) is 24.2. The molecule has 0 radical (unpaired) electrons. The van der Waals surface area contributed by atoms with E-state index in [1.54, 1.807) is 35.6 Å². The maximum atomic E-state index is 13.5. The van der Waals surface area contributed by atoms with E-state index in [2.05, 4.69) is 6.92 Å². The third kappa shape index (κ3) is 7.49. The van der Waals surface area contributed by atoms with E-state index in [1.165, 1.54) is 0 Å². The summed E-state index contributed by atoms with van der Waals surface area (Å²) in [7, 11) is 3.50. The van der Waals surface area contributed by atoms with Gasteiger partial charge in [0.05, 0.1) is 18.3 Å². The van der Waals surface area contributed by atoms with Crippen molar-refractivity contribution in [3.63, 3.8) is 0 Å². The summed E-state index contributed by atoms with van der Waals surface area (Å²) in [6.07, 6.45) is 7.43. The summed E-state index contributed by atoms with van der Waals surface area (Å²) in [5.74, 6) is 0.700. The standard InChI is InChI=1S/C32H43N3O4/c1-6-7-21-33(4)30(37)18-14-9-8-10-15-22-34(25(3)36)31-24(2)35(32(38)26-16-12-11-13-17-26)29-20-19-27(39-5)23-28(29)31/h11-13,16-17,19-20,23H,6-10,14-15,18,21-22H2,1-5H3. The van der Waals surface area contributed by atoms with Crippen LogP contribution in [0.25, 0.3) is 10.9 Å². The first-order valence-electron chi connectivity index (χ1n) is 14.1. The van der Waals surface area contributed by atoms with Gasteiger partial charge in [0.2, 0.25) is 11.8 Å². The van der Waals surface area contributed by atoms with Gasteiger partial charge in [0.1, 0.15) is 5.75 Å². The van der Waals surface area contributed by atoms with Gasteiger partial charge in [-0.1, -0.05) is 50.8 Å². The van der Waals surface area contributed by atoms with Gasteiger partial charge in [-0.3, -0.25) is 19.0 Å². The lowest BCUT2D eigenvalue weighted by Gasteiger charge is -2.22. The average molecular weight is 534 g/mol. The number of benzene rings is 2. The smallest absolute Gasteiger partial charge is 0.262 e. The first kappa shape index (κ1) is 29.9. The molecule has 1 aromatic heterocycles. The third-order valence-electron chi connectivity index (χ3n) is 7.30. The predicted molar refractivity (Wildman–Crippen MR) is 158 cm³/mol. The minimum Gasteiger partial charge on any atom is -0.497 e. The first-order valence-corrected chi connectivity index (χ1v) is 14.1. The second-order valence-electron chi connectivity index (χ2n) is 10.2. The number of carbonyl (C=O) groups is 3. The molecule has 0 atom stereocenters. The van der Waals surface area contributed by atoms with Crippen molar-refractivity contribution in [2.75, 3.05) is 32.1 Å². The molecule has 0 spiro atoms. The molecule has 0 N–H and O–H groups in total. The third-order valence-corrected chi connectivity index (χ3v) is 7.30. The molecule has 3 aromatic rings. The molecule has 1 heterocycles. The van der Waals surface area contributed by atoms with Crippen LogP contribution < -0.4 is 9.64 Å². The van der Waals surface area contributed by atoms with Crippen LogP contribution in [0.2, 0.25) is 0 Å². The molecule has 2 amide bonds. The normalized spacial score (nSPS) is 11.0. The van der Waals surface area contributed by atoms with Gasteiger partial charge < -0.3 is 14.5 Å². The Morgan fingerprint density at radius 3 is 2.26 bits per heavy atom. The number of anilines is 1. The predicted octanol–water partition coefficient (Wildman–Crippen LogP) is 6.60. The highest BCUT2D eigenvalue weighted by Gasteiger charge is 2.25. The Bertz CT molecular complexity index is 1270. The van der Waals surface area contributed by atoms with Gasteiger partial charge in [-0.15, -0.1) is 0 Å². The van der Waals surface area contributed by atoms with E-state index in [0.29, 0.717) is 24.3 Å². The number of aromatic nitrogens is 1. The molecule has 0 bridgehead atoms. The summed E-state index contributed by atoms with van der Waals surface area (Å²) in [6.45, 7) is 6.99. The number of ether oxygens (including phenoxy) is 1. The molecular formula is C32H43N3O4. The molecule has 7 nitrogen and oxygen atoms in total. The molecule has 0 aliphatic heterocycles. The lowest BCUT2D eigenvalue weighted by atomic mass is 10.1. The second kappa shape index (κ2) is 14.5. The largest absolute Gasteiger partial charge is 0.497 e. The summed E-state index contributed by atoms with van der Waals surface area (Å²) in [5.41, 5.74) is 2.82. The van der Waals surface area contributed by atoms with Crippen LogP contribution in [-0.4, -0.2) is 54.4 Å². The Morgan fingerprint density at radius 2 is 1.59 bits per heavy atom. The number of hydrogen-bond donors (Lipinski definition) is 0. The van der Waals surface area contributed by atoms with Crippen LogP contribution in [0.15, 0.2) is 48.5 Å². The van der Waals surface area contributed by atoms with Gasteiger partial charge in [-0.25, -0.2) is 0 Å². The number of amides is 2. The molecule has 7 heteroatoms. The van der Waals surface area contributed by atoms with Crippen molar-refractivity contribution < 1.29 is 19.1 Å². The van der Waals surface area contributed by atoms with E-state index in [-0.39, 0.29) is 17.7 Å². The molecule has 0 aliphatic carbocycles. The van der Waals surface area contributed by atoms with Crippen LogP contribution in [0, 0.1) is 6.92 Å². The molecule has 0 saturated carbocycles. The zero-order valence-electron chi connectivity index (χ0n) is 24.2. The minimum atomic E-state index is -0.132. The van der Waals surface area contributed by atoms with Crippen molar-refractivity contribution in [1.82, 2.24) is 9.47 Å². The van der Waals surface area contributed by atoms with Gasteiger partial charge in [-0.05, 0) is 56.5 Å². The minimum absolute atomic E-state index is 0.0622. The van der Waals surface area contributed by atoms with E-state index >= 15 is 0 Å². The van der Waals surface area contributed by atoms with Gasteiger partial charge >= 0.3 is 0 Å². The molecular weight excluding hydrogens is 490 g/mol. The van der Waals surface area contributed by atoms with Gasteiger partial charge in [-0.2, -0.15) is 0 Å². The topological polar surface area (TPSA) is 71.9 Å². The van der Waals surface area contributed by atoms with Crippen molar-refractivity contribution in [1.29, 1.82) is 0 Å². The lowest BCUT2D eigenvalue weighted by molar-refractivity contribution is -0.130. The highest BCUT2D eigenvalue weighted by Crippen LogP contribution is 2.37. The number of hydrogen-bond acceptors (Lipinski definition) is 4. The Hall–Kier alpha value is -3.61. The van der Waals surface area contributed by atoms with Crippen molar-refractivity contribution in [3.8, 4) is 5.75 Å². The number of carbonyl (C=O) groups excluding carboxylic acids is 3. The molecule has 2 aromatic carbocycles. The van der Waals surface area contributed by atoms with Crippen molar-refractivity contribution >= 4 is 34.3 Å². The van der Waals surface area contributed by atoms with Gasteiger partial charge in [0.15, 0.2) is 0 Å². The lowest BCUT2D eigenvalue weighted by Crippen LogP contribution is -2.30. The van der Waals surface area contributed by atoms with E-state index < -0.39 is 0 Å². The Labute approximate surface area is 232 Å². The summed E-state index contributed by atoms with van der Waals surface area (Å²) in [4.78, 5) is 42.3. The van der Waals surface area contributed by atoms with Crippen molar-refractivity contribution in [2.45, 2.75) is 72.1 Å². The van der Waals surface area contributed by atoms with Crippen LogP contribution in [0.1, 0.15) is 81.3 Å². The summed E-state index contributed by atoms with van der Waals surface area (Å²) in [6, 6.07) is 14.8. The van der Waals surface area contributed by atoms with E-state index in [1.807, 2.05) is 55.3 Å². The maximum absolute atomic E-state index is 13.5. The molecule has 210 valence electrons. The Balaban J connectivity index is 1.71. The second-order valence-corrected chi connectivity index (χ2v) is 10.2. The Morgan fingerprint density at radius 1 is 0.897 bits per heavy atom. The highest BCUT2D eigenvalue weighted by atomic mass is 16.5. The van der Waals surface area contributed by atoms with Crippen LogP contribution in [0.3, 0.4) is 0 Å². The van der Waals surface area contributed by atoms with Crippen LogP contribution in [0.4, 0.5) is 5.69 Å². The highest BCUT2D eigenvalue weighted by molar-refractivity contribution is 6.11. The number of fused-ring (bicyclic) bond motifs is 1. The van der Waals surface area contributed by atoms with E-state index in [0.717, 1.165) is 73.8 Å². The maximum Gasteiger partial charge on any atom is 0.262 e. The van der Waals surface area contributed by atoms with Crippen molar-refractivity contribution in [3.05, 3.63) is 59.8 Å². The molecule has 0 saturated heterocycles. The quantitative estimate of drug-likeness (QED) is 0.219. The monoisotopic (exact) mass is 533 g/mol. The van der Waals surface area contributed by atoms with Crippen LogP contribution in [-0.2, 0) is 9.59 Å². The van der Waals surface area contributed by atoms with Gasteiger partial charge in [0, 0.05) is 50.1 Å². The molecule has 0 fully saturated rings. The summed E-state index contributed by atoms with van der Waals surface area (Å²) < 4.78 is 7.17. The SMILES string of the molecule is CCCCN(C)C(=O)CCCCCCCN(C(C)=O)c1c(C)n(C(=O)c2ccccc2)c2ccc(OC)cc12. The average Bonchev–Trinajstić information content (AvgIpc) is 3.23. The number of unbranched alkanes of at least 4 members (excludes halogenated alkanes) is 5. The number of rotatable bonds is 14. The van der Waals surface area contributed by atoms with E-state index in [9.17, 15) is 14.4 Å². The van der Waals surface area contributed by atoms with E-state index in [4.69, 9.17) is 4.74 Å². The molecule has 0 aliphatic rings.